The van der Waals surface area contributed by atoms with Crippen molar-refractivity contribution < 1.29 is 18.4 Å². The highest BCUT2D eigenvalue weighted by molar-refractivity contribution is 6.85. The zero-order chi connectivity index (χ0) is 19.5. The Kier molecular flexibility index (Phi) is 11.8. The molecule has 25 heavy (non-hydrogen) atoms. The van der Waals surface area contributed by atoms with Crippen LogP contribution in [0.4, 0.5) is 0 Å². The first-order valence-electron chi connectivity index (χ1n) is 9.66. The van der Waals surface area contributed by atoms with Crippen LogP contribution in [0.2, 0.25) is 37.8 Å². The second-order valence-electron chi connectivity index (χ2n) is 8.10. The van der Waals surface area contributed by atoms with Gasteiger partial charge in [0, 0.05) is 12.2 Å². The molecule has 1 unspecified atom stereocenters. The number of hydrogen-bond donors (Lipinski definition) is 0. The number of esters is 1. The highest BCUT2D eigenvalue weighted by Gasteiger charge is 2.36. The average molecular weight is 389 g/mol. The van der Waals surface area contributed by atoms with Crippen molar-refractivity contribution in [3.05, 3.63) is 12.2 Å². The lowest BCUT2D eigenvalue weighted by Crippen LogP contribution is -2.47. The van der Waals surface area contributed by atoms with E-state index in [4.69, 9.17) is 13.6 Å². The predicted octanol–water partition coefficient (Wildman–Crippen LogP) is 5.52. The van der Waals surface area contributed by atoms with E-state index in [0.29, 0.717) is 12.2 Å². The topological polar surface area (TPSA) is 44.8 Å². The van der Waals surface area contributed by atoms with Crippen molar-refractivity contribution in [2.45, 2.75) is 90.8 Å². The average Bonchev–Trinajstić information content (AvgIpc) is 2.48. The minimum absolute atomic E-state index is 0.276. The van der Waals surface area contributed by atoms with Crippen LogP contribution in [0.1, 0.15) is 47.0 Å². The van der Waals surface area contributed by atoms with Crippen molar-refractivity contribution in [1.29, 1.82) is 0 Å². The van der Waals surface area contributed by atoms with Crippen molar-refractivity contribution in [1.82, 2.24) is 0 Å². The maximum atomic E-state index is 11.4. The van der Waals surface area contributed by atoms with E-state index in [1.54, 1.807) is 6.92 Å². The molecule has 0 rings (SSSR count). The number of rotatable bonds is 14. The zero-order valence-electron chi connectivity index (χ0n) is 17.6. The molecule has 0 N–H and O–H groups in total. The van der Waals surface area contributed by atoms with E-state index in [1.807, 2.05) is 0 Å². The first-order chi connectivity index (χ1) is 11.5. The summed E-state index contributed by atoms with van der Waals surface area (Å²) in [5, 5.41) is 0. The van der Waals surface area contributed by atoms with E-state index in [0.717, 1.165) is 25.1 Å². The molecule has 0 spiro atoms. The number of carbonyl (C=O) groups is 1. The number of hydrogen-bond acceptors (Lipinski definition) is 4. The number of carbonyl (C=O) groups excluding carboxylic acids is 1. The summed E-state index contributed by atoms with van der Waals surface area (Å²) in [6, 6.07) is 3.27. The molecule has 0 heterocycles. The van der Waals surface area contributed by atoms with Crippen LogP contribution in [0.15, 0.2) is 12.2 Å². The van der Waals surface area contributed by atoms with Gasteiger partial charge in [-0.2, -0.15) is 0 Å². The van der Waals surface area contributed by atoms with Crippen LogP contribution in [0.3, 0.4) is 0 Å². The maximum Gasteiger partial charge on any atom is 0.333 e. The Morgan fingerprint density at radius 3 is 2.20 bits per heavy atom. The van der Waals surface area contributed by atoms with Crippen LogP contribution >= 0.6 is 0 Å². The van der Waals surface area contributed by atoms with Crippen LogP contribution in [0, 0.1) is 0 Å². The first-order valence-corrected chi connectivity index (χ1v) is 15.6. The van der Waals surface area contributed by atoms with E-state index in [2.05, 4.69) is 47.0 Å². The Hall–Kier alpha value is -0.436. The Bertz CT molecular complexity index is 410. The van der Waals surface area contributed by atoms with E-state index >= 15 is 0 Å². The van der Waals surface area contributed by atoms with Crippen molar-refractivity contribution >= 4 is 22.6 Å². The molecule has 0 amide bonds. The summed E-state index contributed by atoms with van der Waals surface area (Å²) in [5.74, 6) is -0.298. The van der Waals surface area contributed by atoms with Gasteiger partial charge >= 0.3 is 5.97 Å². The normalized spacial score (nSPS) is 14.4. The molecule has 0 bridgehead atoms. The molecule has 6 heteroatoms. The quantitative estimate of drug-likeness (QED) is 0.170. The van der Waals surface area contributed by atoms with Gasteiger partial charge in [-0.1, -0.05) is 26.3 Å². The van der Waals surface area contributed by atoms with Gasteiger partial charge in [0.25, 0.3) is 0 Å². The summed E-state index contributed by atoms with van der Waals surface area (Å²) in [6.45, 7) is 19.9. The van der Waals surface area contributed by atoms with Crippen LogP contribution < -0.4 is 0 Å². The first kappa shape index (κ1) is 24.6. The van der Waals surface area contributed by atoms with Gasteiger partial charge in [0.15, 0.2) is 16.6 Å². The van der Waals surface area contributed by atoms with Crippen LogP contribution in [0.25, 0.3) is 0 Å². The summed E-state index contributed by atoms with van der Waals surface area (Å²) in [7, 11) is -3.53. The number of ether oxygens (including phenoxy) is 2. The molecule has 0 saturated carbocycles. The molecule has 0 saturated heterocycles. The van der Waals surface area contributed by atoms with Gasteiger partial charge in [0.05, 0.1) is 12.7 Å². The smallest absolute Gasteiger partial charge is 0.333 e. The van der Waals surface area contributed by atoms with Crippen molar-refractivity contribution in [2.75, 3.05) is 13.2 Å². The standard InChI is InChI=1S/C19H40O4Si2/c1-9-10-15-25(8,16-13-21-18(4)5)23-24(6,7)14-11-12-22-19(20)17(2)3/h18H,2,9-16H2,1,3-8H3. The molecule has 0 aromatic carbocycles. The molecule has 0 radical (unpaired) electrons. The summed E-state index contributed by atoms with van der Waals surface area (Å²) < 4.78 is 17.8. The van der Waals surface area contributed by atoms with Crippen molar-refractivity contribution in [3.8, 4) is 0 Å². The van der Waals surface area contributed by atoms with E-state index < -0.39 is 16.6 Å². The summed E-state index contributed by atoms with van der Waals surface area (Å²) in [5.41, 5.74) is 0.456. The lowest BCUT2D eigenvalue weighted by atomic mass is 10.4. The zero-order valence-corrected chi connectivity index (χ0v) is 19.6. The Morgan fingerprint density at radius 2 is 1.68 bits per heavy atom. The third kappa shape index (κ3) is 12.5. The predicted molar refractivity (Wildman–Crippen MR) is 111 cm³/mol. The van der Waals surface area contributed by atoms with Crippen LogP contribution in [-0.4, -0.2) is 41.9 Å². The molecule has 1 atom stereocenters. The summed E-state index contributed by atoms with van der Waals surface area (Å²) in [6.07, 6.45) is 3.57. The molecule has 0 aliphatic carbocycles. The molecule has 0 aromatic heterocycles. The molecular formula is C19H40O4Si2. The van der Waals surface area contributed by atoms with E-state index in [-0.39, 0.29) is 12.1 Å². The lowest BCUT2D eigenvalue weighted by molar-refractivity contribution is -0.138. The third-order valence-corrected chi connectivity index (χ3v) is 12.6. The Labute approximate surface area is 157 Å². The second kappa shape index (κ2) is 12.0. The molecule has 0 aliphatic heterocycles. The third-order valence-electron chi connectivity index (χ3n) is 4.17. The van der Waals surface area contributed by atoms with Gasteiger partial charge in [0.1, 0.15) is 0 Å². The molecule has 148 valence electrons. The minimum Gasteiger partial charge on any atom is -0.462 e. The lowest BCUT2D eigenvalue weighted by Gasteiger charge is -2.37. The highest BCUT2D eigenvalue weighted by Crippen LogP contribution is 2.27. The van der Waals surface area contributed by atoms with E-state index in [1.165, 1.54) is 18.9 Å². The highest BCUT2D eigenvalue weighted by atomic mass is 28.4. The molecule has 0 aliphatic rings. The molecule has 0 aromatic rings. The monoisotopic (exact) mass is 388 g/mol. The van der Waals surface area contributed by atoms with Gasteiger partial charge in [-0.15, -0.1) is 0 Å². The second-order valence-corrected chi connectivity index (χ2v) is 16.8. The fourth-order valence-corrected chi connectivity index (χ4v) is 12.3. The van der Waals surface area contributed by atoms with Gasteiger partial charge < -0.3 is 13.6 Å². The van der Waals surface area contributed by atoms with E-state index in [9.17, 15) is 4.79 Å². The SMILES string of the molecule is C=C(C)C(=O)OCCC[Si](C)(C)O[Si](C)(CCCC)CCOC(C)C. The molecular weight excluding hydrogens is 348 g/mol. The fourth-order valence-electron chi connectivity index (χ4n) is 2.79. The van der Waals surface area contributed by atoms with Gasteiger partial charge in [-0.25, -0.2) is 4.79 Å². The van der Waals surface area contributed by atoms with Crippen LogP contribution in [-0.2, 0) is 18.4 Å². The number of unbranched alkanes of at least 4 members (excludes halogenated alkanes) is 1. The Morgan fingerprint density at radius 1 is 1.04 bits per heavy atom. The maximum absolute atomic E-state index is 11.4. The largest absolute Gasteiger partial charge is 0.462 e. The molecule has 4 nitrogen and oxygen atoms in total. The fraction of sp³-hybridized carbons (Fsp3) is 0.842. The Balaban J connectivity index is 4.50. The van der Waals surface area contributed by atoms with Crippen LogP contribution in [0.5, 0.6) is 0 Å². The van der Waals surface area contributed by atoms with Crippen molar-refractivity contribution in [3.63, 3.8) is 0 Å². The van der Waals surface area contributed by atoms with Crippen molar-refractivity contribution in [2.24, 2.45) is 0 Å². The van der Waals surface area contributed by atoms with Gasteiger partial charge in [0.2, 0.25) is 0 Å². The molecule has 0 fully saturated rings. The van der Waals surface area contributed by atoms with Gasteiger partial charge in [-0.05, 0) is 65.0 Å². The minimum atomic E-state index is -1.77. The van der Waals surface area contributed by atoms with Gasteiger partial charge in [-0.3, -0.25) is 0 Å². The summed E-state index contributed by atoms with van der Waals surface area (Å²) >= 11 is 0. The summed E-state index contributed by atoms with van der Waals surface area (Å²) in [4.78, 5) is 11.4.